The number of carboxylic acids is 2. The van der Waals surface area contributed by atoms with E-state index in [0.29, 0.717) is 11.3 Å². The van der Waals surface area contributed by atoms with Gasteiger partial charge in [-0.3, -0.25) is 14.9 Å². The van der Waals surface area contributed by atoms with Gasteiger partial charge in [0.2, 0.25) is 0 Å². The highest BCUT2D eigenvalue weighted by Gasteiger charge is 2.27. The second-order valence-electron chi connectivity index (χ2n) is 7.07. The lowest BCUT2D eigenvalue weighted by Crippen LogP contribution is -2.49. The number of rotatable bonds is 10. The Labute approximate surface area is 161 Å². The van der Waals surface area contributed by atoms with Gasteiger partial charge in [0.1, 0.15) is 23.7 Å². The highest BCUT2D eigenvalue weighted by Crippen LogP contribution is 2.13. The molecule has 2 atom stereocenters. The van der Waals surface area contributed by atoms with Gasteiger partial charge in [0.25, 0.3) is 0 Å². The molecule has 0 aliphatic rings. The van der Waals surface area contributed by atoms with E-state index < -0.39 is 35.7 Å². The van der Waals surface area contributed by atoms with Crippen LogP contribution in [0, 0.1) is 17.6 Å². The molecule has 0 fully saturated rings. The number of nitrogens with one attached hydrogen (secondary N) is 1. The molecule has 1 aromatic heterocycles. The predicted octanol–water partition coefficient (Wildman–Crippen LogP) is 2.29. The molecule has 0 amide bonds. The highest BCUT2D eigenvalue weighted by molar-refractivity contribution is 5.77. The zero-order valence-electron chi connectivity index (χ0n) is 15.6. The Balaban J connectivity index is 2.17. The van der Waals surface area contributed by atoms with Crippen LogP contribution in [0.2, 0.25) is 0 Å². The van der Waals surface area contributed by atoms with Crippen molar-refractivity contribution in [2.75, 3.05) is 0 Å². The van der Waals surface area contributed by atoms with Crippen LogP contribution in [0.25, 0.3) is 0 Å². The van der Waals surface area contributed by atoms with Crippen molar-refractivity contribution in [2.24, 2.45) is 5.92 Å². The molecule has 0 bridgehead atoms. The van der Waals surface area contributed by atoms with Crippen molar-refractivity contribution in [2.45, 2.75) is 45.3 Å². The Morgan fingerprint density at radius 3 is 2.25 bits per heavy atom. The molecule has 0 saturated carbocycles. The number of benzene rings is 1. The zero-order valence-corrected chi connectivity index (χ0v) is 15.6. The Bertz CT molecular complexity index is 818. The van der Waals surface area contributed by atoms with E-state index in [0.717, 1.165) is 6.07 Å². The second kappa shape index (κ2) is 9.41. The number of carboxylic acid groups (broad SMARTS) is 2. The third kappa shape index (κ3) is 6.12. The molecule has 3 N–H and O–H groups in total. The fraction of sp³-hybridized carbons (Fsp3) is 0.421. The molecular weight excluding hydrogens is 372 g/mol. The maximum Gasteiger partial charge on any atom is 0.321 e. The minimum atomic E-state index is -1.19. The minimum Gasteiger partial charge on any atom is -0.480 e. The van der Waals surface area contributed by atoms with Crippen molar-refractivity contribution >= 4 is 11.9 Å². The van der Waals surface area contributed by atoms with E-state index in [2.05, 4.69) is 10.3 Å². The molecule has 1 aromatic carbocycles. The Morgan fingerprint density at radius 2 is 1.71 bits per heavy atom. The number of imidazole rings is 1. The summed E-state index contributed by atoms with van der Waals surface area (Å²) in [5.74, 6) is -3.67. The average Bonchev–Trinajstić information content (AvgIpc) is 2.98. The van der Waals surface area contributed by atoms with Gasteiger partial charge in [0, 0.05) is 30.9 Å². The number of hydrogen-bond donors (Lipinski definition) is 3. The van der Waals surface area contributed by atoms with Crippen molar-refractivity contribution in [1.29, 1.82) is 0 Å². The van der Waals surface area contributed by atoms with Crippen LogP contribution in [0.1, 0.15) is 31.5 Å². The van der Waals surface area contributed by atoms with Gasteiger partial charge < -0.3 is 14.8 Å². The van der Waals surface area contributed by atoms with Crippen LogP contribution in [0.4, 0.5) is 8.78 Å². The molecule has 0 spiro atoms. The van der Waals surface area contributed by atoms with Crippen LogP contribution in [-0.2, 0) is 22.6 Å². The largest absolute Gasteiger partial charge is 0.480 e. The number of nitrogens with zero attached hydrogens (tertiary/aromatic N) is 2. The molecule has 152 valence electrons. The van der Waals surface area contributed by atoms with Gasteiger partial charge >= 0.3 is 11.9 Å². The van der Waals surface area contributed by atoms with Gasteiger partial charge in [-0.15, -0.1) is 0 Å². The standard InChI is InChI=1S/C19H23F2N3O4/c1-11(2)3-16(18(25)26)23-17(19(27)28)7-15-8-22-10-24(15)9-12-4-13(20)6-14(21)5-12/h4-6,8,10-11,16-17,23H,3,7,9H2,1-2H3,(H,25,26)(H,27,28)/t16-,17-/m0/s1. The summed E-state index contributed by atoms with van der Waals surface area (Å²) in [5, 5.41) is 21.5. The molecule has 0 saturated heterocycles. The molecule has 7 nitrogen and oxygen atoms in total. The van der Waals surface area contributed by atoms with E-state index in [4.69, 9.17) is 0 Å². The van der Waals surface area contributed by atoms with Crippen LogP contribution < -0.4 is 5.32 Å². The predicted molar refractivity (Wildman–Crippen MR) is 96.8 cm³/mol. The van der Waals surface area contributed by atoms with Gasteiger partial charge in [-0.25, -0.2) is 13.8 Å². The zero-order chi connectivity index (χ0) is 20.8. The summed E-state index contributed by atoms with van der Waals surface area (Å²) in [6, 6.07) is 0.976. The maximum atomic E-state index is 13.4. The molecule has 2 rings (SSSR count). The Morgan fingerprint density at radius 1 is 1.11 bits per heavy atom. The maximum absolute atomic E-state index is 13.4. The fourth-order valence-corrected chi connectivity index (χ4v) is 2.94. The van der Waals surface area contributed by atoms with Crippen LogP contribution in [-0.4, -0.2) is 43.8 Å². The summed E-state index contributed by atoms with van der Waals surface area (Å²) in [5.41, 5.74) is 0.859. The lowest BCUT2D eigenvalue weighted by Gasteiger charge is -2.22. The molecule has 0 aliphatic heterocycles. The quantitative estimate of drug-likeness (QED) is 0.570. The van der Waals surface area contributed by atoms with Crippen molar-refractivity contribution in [3.63, 3.8) is 0 Å². The molecule has 1 heterocycles. The molecule has 2 aromatic rings. The molecule has 9 heteroatoms. The normalized spacial score (nSPS) is 13.5. The summed E-state index contributed by atoms with van der Waals surface area (Å²) in [7, 11) is 0. The van der Waals surface area contributed by atoms with Gasteiger partial charge in [0.15, 0.2) is 0 Å². The summed E-state index contributed by atoms with van der Waals surface area (Å²) < 4.78 is 28.3. The first-order valence-electron chi connectivity index (χ1n) is 8.81. The van der Waals surface area contributed by atoms with Gasteiger partial charge in [-0.05, 0) is 30.0 Å². The van der Waals surface area contributed by atoms with Gasteiger partial charge in [0.05, 0.1) is 6.33 Å². The van der Waals surface area contributed by atoms with E-state index in [1.165, 1.54) is 24.7 Å². The van der Waals surface area contributed by atoms with Crippen molar-refractivity contribution in [3.8, 4) is 0 Å². The molecular formula is C19H23F2N3O4. The average molecular weight is 395 g/mol. The first-order valence-corrected chi connectivity index (χ1v) is 8.81. The lowest BCUT2D eigenvalue weighted by molar-refractivity contribution is -0.142. The van der Waals surface area contributed by atoms with E-state index >= 15 is 0 Å². The van der Waals surface area contributed by atoms with E-state index in [1.807, 2.05) is 13.8 Å². The van der Waals surface area contributed by atoms with Crippen molar-refractivity contribution in [3.05, 3.63) is 53.6 Å². The van der Waals surface area contributed by atoms with Crippen LogP contribution in [0.5, 0.6) is 0 Å². The smallest absolute Gasteiger partial charge is 0.321 e. The second-order valence-corrected chi connectivity index (χ2v) is 7.07. The number of carbonyl (C=O) groups is 2. The van der Waals surface area contributed by atoms with E-state index in [1.54, 1.807) is 4.57 Å². The summed E-state index contributed by atoms with van der Waals surface area (Å²) >= 11 is 0. The topological polar surface area (TPSA) is 104 Å². The number of hydrogen-bond acceptors (Lipinski definition) is 4. The first kappa shape index (κ1) is 21.5. The van der Waals surface area contributed by atoms with Crippen LogP contribution in [0.15, 0.2) is 30.7 Å². The van der Waals surface area contributed by atoms with E-state index in [-0.39, 0.29) is 25.3 Å². The SMILES string of the molecule is CC(C)C[C@H](N[C@@H](Cc1cncn1Cc1cc(F)cc(F)c1)C(=O)O)C(=O)O. The lowest BCUT2D eigenvalue weighted by atomic mass is 10.0. The van der Waals surface area contributed by atoms with Gasteiger partial charge in [-0.2, -0.15) is 0 Å². The van der Waals surface area contributed by atoms with Crippen LogP contribution in [0.3, 0.4) is 0 Å². The molecule has 0 radical (unpaired) electrons. The molecule has 28 heavy (non-hydrogen) atoms. The number of aliphatic carboxylic acids is 2. The summed E-state index contributed by atoms with van der Waals surface area (Å²) in [6.07, 6.45) is 3.13. The minimum absolute atomic E-state index is 0.0327. The summed E-state index contributed by atoms with van der Waals surface area (Å²) in [6.45, 7) is 3.80. The fourth-order valence-electron chi connectivity index (χ4n) is 2.94. The van der Waals surface area contributed by atoms with Crippen molar-refractivity contribution in [1.82, 2.24) is 14.9 Å². The molecule has 0 aliphatic carbocycles. The summed E-state index contributed by atoms with van der Waals surface area (Å²) in [4.78, 5) is 27.0. The third-order valence-corrected chi connectivity index (χ3v) is 4.19. The Kier molecular flexibility index (Phi) is 7.22. The third-order valence-electron chi connectivity index (χ3n) is 4.19. The van der Waals surface area contributed by atoms with Crippen LogP contribution >= 0.6 is 0 Å². The van der Waals surface area contributed by atoms with Crippen molar-refractivity contribution < 1.29 is 28.6 Å². The number of aromatic nitrogens is 2. The highest BCUT2D eigenvalue weighted by atomic mass is 19.1. The van der Waals surface area contributed by atoms with E-state index in [9.17, 15) is 28.6 Å². The monoisotopic (exact) mass is 395 g/mol. The van der Waals surface area contributed by atoms with Gasteiger partial charge in [-0.1, -0.05) is 13.8 Å². The first-order chi connectivity index (χ1) is 13.2. The Hall–Kier alpha value is -2.81. The molecule has 0 unspecified atom stereocenters. The number of halogens is 2.